The fourth-order valence-corrected chi connectivity index (χ4v) is 2.69. The molecular formula is C17H21N5O4. The average Bonchev–Trinajstić information content (AvgIpc) is 3.19. The lowest BCUT2D eigenvalue weighted by Gasteiger charge is -2.31. The lowest BCUT2D eigenvalue weighted by molar-refractivity contribution is 0.0979. The molecule has 138 valence electrons. The van der Waals surface area contributed by atoms with E-state index in [-0.39, 0.29) is 23.8 Å². The maximum absolute atomic E-state index is 11.9. The van der Waals surface area contributed by atoms with Gasteiger partial charge < -0.3 is 24.7 Å². The van der Waals surface area contributed by atoms with Crippen molar-refractivity contribution >= 4 is 23.6 Å². The van der Waals surface area contributed by atoms with Crippen LogP contribution < -0.4 is 10.6 Å². The number of nitrogens with one attached hydrogen (secondary N) is 2. The molecule has 1 fully saturated rings. The van der Waals surface area contributed by atoms with Crippen LogP contribution in [-0.4, -0.2) is 52.8 Å². The molecule has 0 saturated carbocycles. The van der Waals surface area contributed by atoms with Crippen molar-refractivity contribution in [1.29, 1.82) is 0 Å². The number of nitrogens with zero attached hydrogens (tertiary/aromatic N) is 3. The minimum Gasteiger partial charge on any atom is -0.459 e. The molecule has 0 aromatic carbocycles. The Morgan fingerprint density at radius 3 is 2.58 bits per heavy atom. The highest BCUT2D eigenvalue weighted by atomic mass is 16.6. The SMILES string of the molecule is CCOC(=O)N1CCC(Nc2ccc(NC(=O)c3ccco3)nn2)CC1. The predicted molar refractivity (Wildman–Crippen MR) is 93.9 cm³/mol. The van der Waals surface area contributed by atoms with Gasteiger partial charge in [-0.15, -0.1) is 10.2 Å². The third-order valence-electron chi connectivity index (χ3n) is 4.02. The molecule has 1 aliphatic heterocycles. The van der Waals surface area contributed by atoms with Crippen LogP contribution in [0.1, 0.15) is 30.3 Å². The predicted octanol–water partition coefficient (Wildman–Crippen LogP) is 2.35. The number of furan rings is 1. The van der Waals surface area contributed by atoms with Gasteiger partial charge in [-0.25, -0.2) is 4.79 Å². The normalized spacial score (nSPS) is 14.7. The van der Waals surface area contributed by atoms with Crippen LogP contribution in [0.4, 0.5) is 16.4 Å². The zero-order valence-electron chi connectivity index (χ0n) is 14.5. The van der Waals surface area contributed by atoms with Crippen molar-refractivity contribution in [3.05, 3.63) is 36.3 Å². The summed E-state index contributed by atoms with van der Waals surface area (Å²) >= 11 is 0. The second-order valence-electron chi connectivity index (χ2n) is 5.84. The molecule has 9 nitrogen and oxygen atoms in total. The van der Waals surface area contributed by atoms with Gasteiger partial charge in [0, 0.05) is 19.1 Å². The zero-order valence-corrected chi connectivity index (χ0v) is 14.5. The summed E-state index contributed by atoms with van der Waals surface area (Å²) in [5.74, 6) is 0.795. The summed E-state index contributed by atoms with van der Waals surface area (Å²) in [6, 6.07) is 6.84. The Morgan fingerprint density at radius 2 is 1.96 bits per heavy atom. The van der Waals surface area contributed by atoms with E-state index in [2.05, 4.69) is 20.8 Å². The zero-order chi connectivity index (χ0) is 18.4. The van der Waals surface area contributed by atoms with E-state index in [9.17, 15) is 9.59 Å². The number of piperidine rings is 1. The number of hydrogen-bond acceptors (Lipinski definition) is 7. The molecule has 2 N–H and O–H groups in total. The smallest absolute Gasteiger partial charge is 0.409 e. The number of hydrogen-bond donors (Lipinski definition) is 2. The molecule has 0 aliphatic carbocycles. The first-order valence-corrected chi connectivity index (χ1v) is 8.52. The first kappa shape index (κ1) is 17.7. The topological polar surface area (TPSA) is 110 Å². The molecular weight excluding hydrogens is 338 g/mol. The van der Waals surface area contributed by atoms with Crippen molar-refractivity contribution in [1.82, 2.24) is 15.1 Å². The molecule has 2 aromatic heterocycles. The highest BCUT2D eigenvalue weighted by molar-refractivity contribution is 6.01. The van der Waals surface area contributed by atoms with Gasteiger partial charge in [0.25, 0.3) is 5.91 Å². The Kier molecular flexibility index (Phi) is 5.67. The number of carbonyl (C=O) groups is 2. The molecule has 26 heavy (non-hydrogen) atoms. The van der Waals surface area contributed by atoms with Crippen molar-refractivity contribution in [3.63, 3.8) is 0 Å². The number of aromatic nitrogens is 2. The van der Waals surface area contributed by atoms with Crippen LogP contribution in [0.5, 0.6) is 0 Å². The Bertz CT molecular complexity index is 724. The molecule has 2 aromatic rings. The van der Waals surface area contributed by atoms with Gasteiger partial charge in [0.15, 0.2) is 11.6 Å². The fourth-order valence-electron chi connectivity index (χ4n) is 2.69. The van der Waals surface area contributed by atoms with Gasteiger partial charge in [0.05, 0.1) is 12.9 Å². The summed E-state index contributed by atoms with van der Waals surface area (Å²) in [5.41, 5.74) is 0. The monoisotopic (exact) mass is 359 g/mol. The summed E-state index contributed by atoms with van der Waals surface area (Å²) in [6.07, 6.45) is 2.78. The van der Waals surface area contributed by atoms with E-state index < -0.39 is 0 Å². The van der Waals surface area contributed by atoms with E-state index in [0.717, 1.165) is 12.8 Å². The molecule has 9 heteroatoms. The molecule has 1 saturated heterocycles. The van der Waals surface area contributed by atoms with Crippen LogP contribution in [0.2, 0.25) is 0 Å². The standard InChI is InChI=1S/C17H21N5O4/c1-2-25-17(24)22-9-7-12(8-10-22)18-14-5-6-15(21-20-14)19-16(23)13-4-3-11-26-13/h3-6,11-12H,2,7-10H2,1H3,(H,18,20)(H,19,21,23). The lowest BCUT2D eigenvalue weighted by Crippen LogP contribution is -2.42. The van der Waals surface area contributed by atoms with Crippen molar-refractivity contribution < 1.29 is 18.7 Å². The summed E-state index contributed by atoms with van der Waals surface area (Å²) < 4.78 is 10.0. The minimum atomic E-state index is -0.378. The van der Waals surface area contributed by atoms with E-state index in [1.54, 1.807) is 36.1 Å². The molecule has 3 rings (SSSR count). The third-order valence-corrected chi connectivity index (χ3v) is 4.02. The summed E-state index contributed by atoms with van der Waals surface area (Å²) in [4.78, 5) is 25.3. The number of anilines is 2. The number of amides is 2. The summed E-state index contributed by atoms with van der Waals surface area (Å²) in [7, 11) is 0. The fraction of sp³-hybridized carbons (Fsp3) is 0.412. The van der Waals surface area contributed by atoms with Crippen LogP contribution in [0, 0.1) is 0 Å². The summed E-state index contributed by atoms with van der Waals surface area (Å²) in [5, 5.41) is 14.0. The molecule has 0 unspecified atom stereocenters. The van der Waals surface area contributed by atoms with Gasteiger partial charge in [0.2, 0.25) is 0 Å². The van der Waals surface area contributed by atoms with Crippen molar-refractivity contribution in [2.45, 2.75) is 25.8 Å². The molecule has 2 amide bonds. The van der Waals surface area contributed by atoms with Crippen LogP contribution >= 0.6 is 0 Å². The largest absolute Gasteiger partial charge is 0.459 e. The van der Waals surface area contributed by atoms with Crippen molar-refractivity contribution in [2.24, 2.45) is 0 Å². The van der Waals surface area contributed by atoms with Crippen LogP contribution in [-0.2, 0) is 4.74 Å². The second-order valence-corrected chi connectivity index (χ2v) is 5.84. The maximum atomic E-state index is 11.9. The molecule has 0 bridgehead atoms. The average molecular weight is 359 g/mol. The molecule has 0 atom stereocenters. The van der Waals surface area contributed by atoms with Gasteiger partial charge in [-0.2, -0.15) is 0 Å². The second kappa shape index (κ2) is 8.32. The van der Waals surface area contributed by atoms with E-state index in [1.807, 2.05) is 0 Å². The highest BCUT2D eigenvalue weighted by Crippen LogP contribution is 2.16. The number of rotatable bonds is 5. The van der Waals surface area contributed by atoms with E-state index in [1.165, 1.54) is 6.26 Å². The van der Waals surface area contributed by atoms with Gasteiger partial charge in [-0.1, -0.05) is 0 Å². The van der Waals surface area contributed by atoms with Gasteiger partial charge in [0.1, 0.15) is 5.82 Å². The Morgan fingerprint density at radius 1 is 1.23 bits per heavy atom. The summed E-state index contributed by atoms with van der Waals surface area (Å²) in [6.45, 7) is 3.46. The molecule has 0 radical (unpaired) electrons. The first-order chi connectivity index (χ1) is 12.7. The Labute approximate surface area is 150 Å². The van der Waals surface area contributed by atoms with E-state index in [0.29, 0.717) is 31.3 Å². The van der Waals surface area contributed by atoms with Crippen LogP contribution in [0.25, 0.3) is 0 Å². The van der Waals surface area contributed by atoms with Crippen molar-refractivity contribution in [3.8, 4) is 0 Å². The quantitative estimate of drug-likeness (QED) is 0.843. The molecule has 3 heterocycles. The van der Waals surface area contributed by atoms with Gasteiger partial charge in [-0.05, 0) is 44.0 Å². The van der Waals surface area contributed by atoms with Crippen LogP contribution in [0.3, 0.4) is 0 Å². The first-order valence-electron chi connectivity index (χ1n) is 8.52. The lowest BCUT2D eigenvalue weighted by atomic mass is 10.1. The maximum Gasteiger partial charge on any atom is 0.409 e. The van der Waals surface area contributed by atoms with Crippen LogP contribution in [0.15, 0.2) is 34.9 Å². The van der Waals surface area contributed by atoms with Gasteiger partial charge >= 0.3 is 6.09 Å². The molecule has 1 aliphatic rings. The minimum absolute atomic E-state index is 0.207. The third kappa shape index (κ3) is 4.50. The van der Waals surface area contributed by atoms with E-state index >= 15 is 0 Å². The van der Waals surface area contributed by atoms with Gasteiger partial charge in [-0.3, -0.25) is 4.79 Å². The van der Waals surface area contributed by atoms with Crippen molar-refractivity contribution in [2.75, 3.05) is 30.3 Å². The van der Waals surface area contributed by atoms with E-state index in [4.69, 9.17) is 9.15 Å². The Hall–Kier alpha value is -3.10. The highest BCUT2D eigenvalue weighted by Gasteiger charge is 2.23. The molecule has 0 spiro atoms. The number of ether oxygens (including phenoxy) is 1. The number of likely N-dealkylation sites (tertiary alicyclic amines) is 1. The Balaban J connectivity index is 1.48. The number of carbonyl (C=O) groups excluding carboxylic acids is 2.